The topological polar surface area (TPSA) is 59.6 Å². The van der Waals surface area contributed by atoms with E-state index in [1.165, 1.54) is 0 Å². The SMILES string of the molecule is CC(C)CNC(=O)NCCC1(C)OCCO1. The van der Waals surface area contributed by atoms with Gasteiger partial charge >= 0.3 is 6.03 Å². The first-order valence-electron chi connectivity index (χ1n) is 5.81. The normalized spacial score (nSPS) is 18.8. The highest BCUT2D eigenvalue weighted by Crippen LogP contribution is 2.21. The number of hydrogen-bond acceptors (Lipinski definition) is 3. The molecule has 0 aromatic heterocycles. The van der Waals surface area contributed by atoms with E-state index in [-0.39, 0.29) is 6.03 Å². The minimum Gasteiger partial charge on any atom is -0.348 e. The van der Waals surface area contributed by atoms with Crippen molar-refractivity contribution < 1.29 is 14.3 Å². The average molecular weight is 230 g/mol. The molecule has 0 atom stereocenters. The lowest BCUT2D eigenvalue weighted by Gasteiger charge is -2.22. The number of carbonyl (C=O) groups is 1. The van der Waals surface area contributed by atoms with Gasteiger partial charge in [-0.1, -0.05) is 13.8 Å². The Bertz CT molecular complexity index is 225. The van der Waals surface area contributed by atoms with Crippen molar-refractivity contribution in [2.24, 2.45) is 5.92 Å². The molecule has 0 radical (unpaired) electrons. The quantitative estimate of drug-likeness (QED) is 0.743. The molecule has 1 rings (SSSR count). The van der Waals surface area contributed by atoms with Crippen molar-refractivity contribution in [3.05, 3.63) is 0 Å². The Hall–Kier alpha value is -0.810. The van der Waals surface area contributed by atoms with Crippen molar-refractivity contribution in [1.29, 1.82) is 0 Å². The first-order chi connectivity index (χ1) is 7.52. The summed E-state index contributed by atoms with van der Waals surface area (Å²) in [6.07, 6.45) is 0.669. The fourth-order valence-corrected chi connectivity index (χ4v) is 1.46. The zero-order valence-electron chi connectivity index (χ0n) is 10.3. The van der Waals surface area contributed by atoms with E-state index in [1.54, 1.807) is 0 Å². The molecular weight excluding hydrogens is 208 g/mol. The Balaban J connectivity index is 2.08. The molecule has 5 heteroatoms. The molecule has 0 spiro atoms. The lowest BCUT2D eigenvalue weighted by Crippen LogP contribution is -2.40. The van der Waals surface area contributed by atoms with Crippen LogP contribution in [0.3, 0.4) is 0 Å². The second kappa shape index (κ2) is 6.06. The molecule has 94 valence electrons. The van der Waals surface area contributed by atoms with Gasteiger partial charge in [0.15, 0.2) is 5.79 Å². The van der Waals surface area contributed by atoms with Crippen molar-refractivity contribution in [3.8, 4) is 0 Å². The van der Waals surface area contributed by atoms with E-state index in [0.29, 0.717) is 38.6 Å². The lowest BCUT2D eigenvalue weighted by molar-refractivity contribution is -0.145. The molecular formula is C11H22N2O3. The fraction of sp³-hybridized carbons (Fsp3) is 0.909. The van der Waals surface area contributed by atoms with Crippen LogP contribution in [0.1, 0.15) is 27.2 Å². The van der Waals surface area contributed by atoms with Crippen LogP contribution in [0, 0.1) is 5.92 Å². The van der Waals surface area contributed by atoms with Crippen LogP contribution in [0.15, 0.2) is 0 Å². The van der Waals surface area contributed by atoms with Gasteiger partial charge in [0.2, 0.25) is 0 Å². The van der Waals surface area contributed by atoms with Gasteiger partial charge in [0.05, 0.1) is 13.2 Å². The van der Waals surface area contributed by atoms with Crippen LogP contribution >= 0.6 is 0 Å². The largest absolute Gasteiger partial charge is 0.348 e. The van der Waals surface area contributed by atoms with Gasteiger partial charge in [0.25, 0.3) is 0 Å². The first-order valence-corrected chi connectivity index (χ1v) is 5.81. The Labute approximate surface area is 96.9 Å². The highest BCUT2D eigenvalue weighted by atomic mass is 16.7. The summed E-state index contributed by atoms with van der Waals surface area (Å²) in [4.78, 5) is 11.3. The monoisotopic (exact) mass is 230 g/mol. The van der Waals surface area contributed by atoms with E-state index in [1.807, 2.05) is 6.92 Å². The van der Waals surface area contributed by atoms with Crippen LogP contribution in [0.2, 0.25) is 0 Å². The van der Waals surface area contributed by atoms with Crippen molar-refractivity contribution in [2.45, 2.75) is 33.0 Å². The number of nitrogens with one attached hydrogen (secondary N) is 2. The minimum absolute atomic E-state index is 0.129. The minimum atomic E-state index is -0.522. The number of ether oxygens (including phenoxy) is 2. The van der Waals surface area contributed by atoms with E-state index < -0.39 is 5.79 Å². The summed E-state index contributed by atoms with van der Waals surface area (Å²) in [7, 11) is 0. The summed E-state index contributed by atoms with van der Waals surface area (Å²) >= 11 is 0. The summed E-state index contributed by atoms with van der Waals surface area (Å²) in [6.45, 7) is 8.53. The van der Waals surface area contributed by atoms with Gasteiger partial charge in [0, 0.05) is 19.5 Å². The highest BCUT2D eigenvalue weighted by molar-refractivity contribution is 5.73. The molecule has 0 aromatic carbocycles. The van der Waals surface area contributed by atoms with Gasteiger partial charge < -0.3 is 20.1 Å². The Morgan fingerprint density at radius 2 is 1.94 bits per heavy atom. The Morgan fingerprint density at radius 1 is 1.31 bits per heavy atom. The molecule has 16 heavy (non-hydrogen) atoms. The summed E-state index contributed by atoms with van der Waals surface area (Å²) < 4.78 is 10.9. The lowest BCUT2D eigenvalue weighted by atomic mass is 10.2. The van der Waals surface area contributed by atoms with Gasteiger partial charge in [-0.3, -0.25) is 0 Å². The molecule has 1 aliphatic rings. The predicted molar refractivity (Wildman–Crippen MR) is 61.2 cm³/mol. The smallest absolute Gasteiger partial charge is 0.314 e. The summed E-state index contributed by atoms with van der Waals surface area (Å²) in [5.41, 5.74) is 0. The van der Waals surface area contributed by atoms with E-state index in [4.69, 9.17) is 9.47 Å². The second-order valence-electron chi connectivity index (χ2n) is 4.61. The average Bonchev–Trinajstić information content (AvgIpc) is 2.62. The standard InChI is InChI=1S/C11H22N2O3/c1-9(2)8-13-10(14)12-5-4-11(3)15-6-7-16-11/h9H,4-8H2,1-3H3,(H2,12,13,14). The zero-order valence-corrected chi connectivity index (χ0v) is 10.3. The van der Waals surface area contributed by atoms with Crippen LogP contribution in [0.25, 0.3) is 0 Å². The maximum absolute atomic E-state index is 11.3. The first kappa shape index (κ1) is 13.3. The molecule has 0 saturated carbocycles. The molecule has 1 aliphatic heterocycles. The molecule has 2 amide bonds. The van der Waals surface area contributed by atoms with Gasteiger partial charge in [-0.15, -0.1) is 0 Å². The van der Waals surface area contributed by atoms with E-state index >= 15 is 0 Å². The number of urea groups is 1. The van der Waals surface area contributed by atoms with Crippen molar-refractivity contribution >= 4 is 6.03 Å². The molecule has 1 heterocycles. The van der Waals surface area contributed by atoms with Gasteiger partial charge in [-0.25, -0.2) is 4.79 Å². The van der Waals surface area contributed by atoms with Crippen molar-refractivity contribution in [3.63, 3.8) is 0 Å². The third kappa shape index (κ3) is 4.81. The van der Waals surface area contributed by atoms with E-state index in [9.17, 15) is 4.79 Å². The number of carbonyl (C=O) groups excluding carboxylic acids is 1. The van der Waals surface area contributed by atoms with Crippen LogP contribution < -0.4 is 10.6 Å². The maximum Gasteiger partial charge on any atom is 0.314 e. The summed E-state index contributed by atoms with van der Waals surface area (Å²) in [5.74, 6) is -0.0597. The van der Waals surface area contributed by atoms with Crippen LogP contribution in [-0.2, 0) is 9.47 Å². The summed E-state index contributed by atoms with van der Waals surface area (Å²) in [6, 6.07) is -0.129. The number of hydrogen-bond donors (Lipinski definition) is 2. The van der Waals surface area contributed by atoms with E-state index in [2.05, 4.69) is 24.5 Å². The van der Waals surface area contributed by atoms with Gasteiger partial charge in [-0.2, -0.15) is 0 Å². The molecule has 1 saturated heterocycles. The van der Waals surface area contributed by atoms with Crippen LogP contribution in [0.5, 0.6) is 0 Å². The number of amides is 2. The van der Waals surface area contributed by atoms with Crippen molar-refractivity contribution in [1.82, 2.24) is 10.6 Å². The molecule has 0 bridgehead atoms. The van der Waals surface area contributed by atoms with Crippen molar-refractivity contribution in [2.75, 3.05) is 26.3 Å². The Morgan fingerprint density at radius 3 is 2.50 bits per heavy atom. The third-order valence-corrected chi connectivity index (χ3v) is 2.43. The number of rotatable bonds is 5. The molecule has 2 N–H and O–H groups in total. The third-order valence-electron chi connectivity index (χ3n) is 2.43. The molecule has 0 aliphatic carbocycles. The van der Waals surface area contributed by atoms with Crippen LogP contribution in [-0.4, -0.2) is 38.1 Å². The fourth-order valence-electron chi connectivity index (χ4n) is 1.46. The van der Waals surface area contributed by atoms with Gasteiger partial charge in [-0.05, 0) is 12.8 Å². The molecule has 0 aromatic rings. The summed E-state index contributed by atoms with van der Waals surface area (Å²) in [5, 5.41) is 5.57. The second-order valence-corrected chi connectivity index (χ2v) is 4.61. The zero-order chi connectivity index (χ0) is 12.0. The van der Waals surface area contributed by atoms with E-state index in [0.717, 1.165) is 0 Å². The molecule has 1 fully saturated rings. The molecule has 0 unspecified atom stereocenters. The predicted octanol–water partition coefficient (Wildman–Crippen LogP) is 1.09. The molecule has 5 nitrogen and oxygen atoms in total. The Kier molecular flexibility index (Phi) is 5.02. The maximum atomic E-state index is 11.3. The van der Waals surface area contributed by atoms with Gasteiger partial charge in [0.1, 0.15) is 0 Å². The van der Waals surface area contributed by atoms with Crippen LogP contribution in [0.4, 0.5) is 4.79 Å². The highest BCUT2D eigenvalue weighted by Gasteiger charge is 2.30.